The summed E-state index contributed by atoms with van der Waals surface area (Å²) in [6, 6.07) is 7.10. The first-order valence-electron chi connectivity index (χ1n) is 9.45. The van der Waals surface area contributed by atoms with Crippen LogP contribution in [0.4, 0.5) is 5.69 Å². The monoisotopic (exact) mass is 316 g/mol. The molecule has 3 fully saturated rings. The normalized spacial score (nSPS) is 22.3. The number of anilines is 1. The number of rotatable bonds is 4. The lowest BCUT2D eigenvalue weighted by molar-refractivity contribution is -0.0468. The fraction of sp³-hybridized carbons (Fsp3) is 0.700. The van der Waals surface area contributed by atoms with Crippen molar-refractivity contribution in [3.05, 3.63) is 29.3 Å². The van der Waals surface area contributed by atoms with E-state index in [9.17, 15) is 0 Å². The summed E-state index contributed by atoms with van der Waals surface area (Å²) >= 11 is 0. The Morgan fingerprint density at radius 3 is 2.30 bits per heavy atom. The third-order valence-corrected chi connectivity index (χ3v) is 5.24. The largest absolute Gasteiger partial charge is 0.381 e. The SMILES string of the molecule is CC.Cc1ccc(N2CCN(CC3COC3)CC2)cc1C1CC1. The number of benzene rings is 1. The van der Waals surface area contributed by atoms with Gasteiger partial charge in [0.2, 0.25) is 0 Å². The second-order valence-electron chi connectivity index (χ2n) is 7.01. The molecule has 0 spiro atoms. The van der Waals surface area contributed by atoms with Crippen molar-refractivity contribution in [2.75, 3.05) is 50.8 Å². The highest BCUT2D eigenvalue weighted by Crippen LogP contribution is 2.42. The Morgan fingerprint density at radius 2 is 1.74 bits per heavy atom. The molecular weight excluding hydrogens is 284 g/mol. The molecule has 3 aliphatic rings. The maximum Gasteiger partial charge on any atom is 0.0528 e. The minimum atomic E-state index is 0.789. The topological polar surface area (TPSA) is 15.7 Å². The summed E-state index contributed by atoms with van der Waals surface area (Å²) < 4.78 is 5.28. The molecule has 1 aromatic carbocycles. The van der Waals surface area contributed by atoms with Gasteiger partial charge in [0.15, 0.2) is 0 Å². The van der Waals surface area contributed by atoms with Crippen molar-refractivity contribution in [3.63, 3.8) is 0 Å². The molecule has 3 nitrogen and oxygen atoms in total. The molecule has 4 rings (SSSR count). The molecule has 0 atom stereocenters. The molecule has 1 saturated carbocycles. The summed E-state index contributed by atoms with van der Waals surface area (Å²) in [5.74, 6) is 1.64. The second-order valence-corrected chi connectivity index (χ2v) is 7.01. The van der Waals surface area contributed by atoms with E-state index in [2.05, 4.69) is 34.9 Å². The summed E-state index contributed by atoms with van der Waals surface area (Å²) in [5, 5.41) is 0. The van der Waals surface area contributed by atoms with Crippen LogP contribution in [0.3, 0.4) is 0 Å². The minimum absolute atomic E-state index is 0.789. The number of hydrogen-bond acceptors (Lipinski definition) is 3. The van der Waals surface area contributed by atoms with Gasteiger partial charge >= 0.3 is 0 Å². The van der Waals surface area contributed by atoms with E-state index < -0.39 is 0 Å². The molecule has 0 aromatic heterocycles. The van der Waals surface area contributed by atoms with Crippen molar-refractivity contribution in [2.45, 2.75) is 39.5 Å². The number of hydrogen-bond donors (Lipinski definition) is 0. The number of aryl methyl sites for hydroxylation is 1. The predicted octanol–water partition coefficient (Wildman–Crippen LogP) is 3.67. The van der Waals surface area contributed by atoms with E-state index in [4.69, 9.17) is 4.74 Å². The molecule has 3 heteroatoms. The third-order valence-electron chi connectivity index (χ3n) is 5.24. The van der Waals surface area contributed by atoms with Gasteiger partial charge in [-0.25, -0.2) is 0 Å². The molecule has 2 heterocycles. The quantitative estimate of drug-likeness (QED) is 0.843. The summed E-state index contributed by atoms with van der Waals surface area (Å²) in [7, 11) is 0. The fourth-order valence-electron chi connectivity index (χ4n) is 3.60. The van der Waals surface area contributed by atoms with Crippen LogP contribution in [0.25, 0.3) is 0 Å². The average molecular weight is 316 g/mol. The minimum Gasteiger partial charge on any atom is -0.381 e. The highest BCUT2D eigenvalue weighted by atomic mass is 16.5. The standard InChI is InChI=1S/C18H26N2O.C2H6/c1-14-2-5-17(10-18(14)16-3-4-16)20-8-6-19(7-9-20)11-15-12-21-13-15;1-2/h2,5,10,15-16H,3-4,6-9,11-13H2,1H3;1-2H3. The zero-order chi connectivity index (χ0) is 16.2. The van der Waals surface area contributed by atoms with E-state index in [1.165, 1.54) is 56.8 Å². The van der Waals surface area contributed by atoms with Gasteiger partial charge in [-0.1, -0.05) is 19.9 Å². The van der Waals surface area contributed by atoms with Crippen molar-refractivity contribution in [3.8, 4) is 0 Å². The lowest BCUT2D eigenvalue weighted by atomic mass is 10.0. The Labute approximate surface area is 141 Å². The number of ether oxygens (including phenoxy) is 1. The van der Waals surface area contributed by atoms with Gasteiger partial charge in [-0.2, -0.15) is 0 Å². The summed E-state index contributed by atoms with van der Waals surface area (Å²) in [4.78, 5) is 5.18. The summed E-state index contributed by atoms with van der Waals surface area (Å²) in [6.07, 6.45) is 2.78. The Bertz CT molecular complexity index is 500. The van der Waals surface area contributed by atoms with Gasteiger partial charge in [-0.3, -0.25) is 4.90 Å². The molecule has 0 unspecified atom stereocenters. The molecule has 23 heavy (non-hydrogen) atoms. The van der Waals surface area contributed by atoms with E-state index in [1.54, 1.807) is 5.56 Å². The average Bonchev–Trinajstić information content (AvgIpc) is 3.39. The van der Waals surface area contributed by atoms with Crippen LogP contribution in [0.5, 0.6) is 0 Å². The summed E-state index contributed by atoms with van der Waals surface area (Å²) in [6.45, 7) is 14.2. The van der Waals surface area contributed by atoms with E-state index >= 15 is 0 Å². The van der Waals surface area contributed by atoms with Crippen LogP contribution in [0.1, 0.15) is 43.7 Å². The van der Waals surface area contributed by atoms with Gasteiger partial charge in [0, 0.05) is 44.3 Å². The van der Waals surface area contributed by atoms with Crippen LogP contribution < -0.4 is 4.90 Å². The maximum absolute atomic E-state index is 5.28. The number of nitrogens with zero attached hydrogens (tertiary/aromatic N) is 2. The lowest BCUT2D eigenvalue weighted by Crippen LogP contribution is -2.50. The second kappa shape index (κ2) is 7.67. The van der Waals surface area contributed by atoms with E-state index in [1.807, 2.05) is 13.8 Å². The molecule has 1 aromatic rings. The molecule has 2 saturated heterocycles. The number of piperazine rings is 1. The van der Waals surface area contributed by atoms with Gasteiger partial charge in [0.05, 0.1) is 13.2 Å². The third kappa shape index (κ3) is 4.07. The van der Waals surface area contributed by atoms with Gasteiger partial charge < -0.3 is 9.64 Å². The fourth-order valence-corrected chi connectivity index (χ4v) is 3.60. The van der Waals surface area contributed by atoms with Crippen LogP contribution in [-0.2, 0) is 4.74 Å². The van der Waals surface area contributed by atoms with Crippen molar-refractivity contribution in [2.24, 2.45) is 5.92 Å². The molecular formula is C20H32N2O. The van der Waals surface area contributed by atoms with Crippen LogP contribution in [0.15, 0.2) is 18.2 Å². The molecule has 0 radical (unpaired) electrons. The van der Waals surface area contributed by atoms with E-state index in [0.29, 0.717) is 0 Å². The van der Waals surface area contributed by atoms with Gasteiger partial charge in [-0.15, -0.1) is 0 Å². The van der Waals surface area contributed by atoms with E-state index in [-0.39, 0.29) is 0 Å². The van der Waals surface area contributed by atoms with Crippen LogP contribution in [0.2, 0.25) is 0 Å². The van der Waals surface area contributed by atoms with Crippen LogP contribution >= 0.6 is 0 Å². The molecule has 1 aliphatic carbocycles. The Morgan fingerprint density at radius 1 is 1.04 bits per heavy atom. The Balaban J connectivity index is 0.000000753. The van der Waals surface area contributed by atoms with E-state index in [0.717, 1.165) is 25.0 Å². The zero-order valence-corrected chi connectivity index (χ0v) is 15.1. The van der Waals surface area contributed by atoms with Crippen LogP contribution in [0, 0.1) is 12.8 Å². The van der Waals surface area contributed by atoms with Crippen molar-refractivity contribution < 1.29 is 4.74 Å². The molecule has 0 N–H and O–H groups in total. The van der Waals surface area contributed by atoms with Gasteiger partial charge in [0.25, 0.3) is 0 Å². The van der Waals surface area contributed by atoms with Gasteiger partial charge in [0.1, 0.15) is 0 Å². The highest BCUT2D eigenvalue weighted by molar-refractivity contribution is 5.53. The van der Waals surface area contributed by atoms with Crippen molar-refractivity contribution in [1.29, 1.82) is 0 Å². The molecule has 0 bridgehead atoms. The van der Waals surface area contributed by atoms with Crippen molar-refractivity contribution >= 4 is 5.69 Å². The first-order valence-corrected chi connectivity index (χ1v) is 9.45. The molecule has 128 valence electrons. The summed E-state index contributed by atoms with van der Waals surface area (Å²) in [5.41, 5.74) is 4.51. The first-order chi connectivity index (χ1) is 11.3. The first kappa shape index (κ1) is 16.8. The zero-order valence-electron chi connectivity index (χ0n) is 15.1. The van der Waals surface area contributed by atoms with Crippen LogP contribution in [-0.4, -0.2) is 50.8 Å². The molecule has 0 amide bonds. The maximum atomic E-state index is 5.28. The molecule has 2 aliphatic heterocycles. The smallest absolute Gasteiger partial charge is 0.0528 e. The highest BCUT2D eigenvalue weighted by Gasteiger charge is 2.27. The van der Waals surface area contributed by atoms with Gasteiger partial charge in [-0.05, 0) is 48.9 Å². The predicted molar refractivity (Wildman–Crippen MR) is 97.5 cm³/mol. The lowest BCUT2D eigenvalue weighted by Gasteiger charge is -2.39. The Kier molecular flexibility index (Phi) is 5.60. The Hall–Kier alpha value is -1.06. The van der Waals surface area contributed by atoms with Crippen molar-refractivity contribution in [1.82, 2.24) is 4.90 Å².